The molecule has 0 aromatic rings. The zero-order valence-electron chi connectivity index (χ0n) is 16.5. The molecule has 2 heteroatoms. The number of unbranched alkanes of at least 4 members (excludes halogenated alkanes) is 12. The van der Waals surface area contributed by atoms with Gasteiger partial charge in [-0.25, -0.2) is 0 Å². The van der Waals surface area contributed by atoms with Gasteiger partial charge in [-0.15, -0.1) is 0 Å². The zero-order chi connectivity index (χ0) is 17.3. The maximum Gasteiger partial charge on any atom is 0.220 e. The predicted molar refractivity (Wildman–Crippen MR) is 103 cm³/mol. The summed E-state index contributed by atoms with van der Waals surface area (Å²) >= 11 is 0. The first-order valence-corrected chi connectivity index (χ1v) is 10.4. The van der Waals surface area contributed by atoms with Gasteiger partial charge in [-0.2, -0.15) is 0 Å². The molecule has 0 aliphatic heterocycles. The fraction of sp³-hybridized carbons (Fsp3) is 0.952. The van der Waals surface area contributed by atoms with E-state index in [1.165, 1.54) is 77.0 Å². The Hall–Kier alpha value is -0.530. The van der Waals surface area contributed by atoms with Gasteiger partial charge in [0.2, 0.25) is 5.91 Å². The summed E-state index contributed by atoms with van der Waals surface area (Å²) in [4.78, 5) is 11.7. The van der Waals surface area contributed by atoms with Gasteiger partial charge in [-0.05, 0) is 19.3 Å². The summed E-state index contributed by atoms with van der Waals surface area (Å²) in [5.41, 5.74) is 0. The maximum absolute atomic E-state index is 11.7. The molecule has 2 nitrogen and oxygen atoms in total. The molecular weight excluding hydrogens is 282 g/mol. The highest BCUT2D eigenvalue weighted by atomic mass is 16.1. The van der Waals surface area contributed by atoms with Gasteiger partial charge < -0.3 is 5.32 Å². The molecule has 0 heterocycles. The Bertz CT molecular complexity index is 263. The van der Waals surface area contributed by atoms with Crippen LogP contribution in [0.4, 0.5) is 0 Å². The lowest BCUT2D eigenvalue weighted by molar-refractivity contribution is -0.122. The minimum Gasteiger partial charge on any atom is -0.353 e. The summed E-state index contributed by atoms with van der Waals surface area (Å²) in [7, 11) is 0. The molecule has 0 aromatic heterocycles. The molecule has 0 aliphatic carbocycles. The average molecular weight is 326 g/mol. The molecule has 0 fully saturated rings. The van der Waals surface area contributed by atoms with Crippen molar-refractivity contribution < 1.29 is 4.79 Å². The standard InChI is InChI=1S/C21H43NO/c1-5-6-7-8-9-10-11-12-13-14-15-16-17-18-21(23)22-20(4)19(2)3/h19-20H,5-18H2,1-4H3,(H,22,23)/t20-/m1/s1. The monoisotopic (exact) mass is 325 g/mol. The third kappa shape index (κ3) is 16.1. The van der Waals surface area contributed by atoms with E-state index in [0.29, 0.717) is 18.4 Å². The van der Waals surface area contributed by atoms with Crippen LogP contribution < -0.4 is 5.32 Å². The topological polar surface area (TPSA) is 29.1 Å². The van der Waals surface area contributed by atoms with Crippen LogP contribution >= 0.6 is 0 Å². The summed E-state index contributed by atoms with van der Waals surface area (Å²) in [5, 5.41) is 3.08. The first kappa shape index (κ1) is 22.5. The predicted octanol–water partition coefficient (Wildman–Crippen LogP) is 6.63. The Morgan fingerprint density at radius 1 is 0.696 bits per heavy atom. The minimum atomic E-state index is 0.231. The molecule has 0 aromatic carbocycles. The summed E-state index contributed by atoms with van der Waals surface area (Å²) in [6.45, 7) is 8.66. The van der Waals surface area contributed by atoms with E-state index in [2.05, 4.69) is 33.0 Å². The summed E-state index contributed by atoms with van der Waals surface area (Å²) in [5.74, 6) is 0.750. The zero-order valence-corrected chi connectivity index (χ0v) is 16.5. The molecule has 0 saturated carbocycles. The van der Waals surface area contributed by atoms with Gasteiger partial charge in [0.25, 0.3) is 0 Å². The van der Waals surface area contributed by atoms with Crippen molar-refractivity contribution in [1.82, 2.24) is 5.32 Å². The Labute approximate surface area is 146 Å². The average Bonchev–Trinajstić information content (AvgIpc) is 2.51. The number of amides is 1. The Balaban J connectivity index is 3.20. The van der Waals surface area contributed by atoms with Crippen LogP contribution in [0.3, 0.4) is 0 Å². The number of rotatable bonds is 16. The van der Waals surface area contributed by atoms with Crippen molar-refractivity contribution >= 4 is 5.91 Å². The van der Waals surface area contributed by atoms with Crippen molar-refractivity contribution in [2.75, 3.05) is 0 Å². The summed E-state index contributed by atoms with van der Waals surface area (Å²) in [6, 6.07) is 0.296. The van der Waals surface area contributed by atoms with E-state index in [-0.39, 0.29) is 5.91 Å². The first-order chi connectivity index (χ1) is 11.1. The molecule has 1 amide bonds. The van der Waals surface area contributed by atoms with Crippen LogP contribution in [0, 0.1) is 5.92 Å². The molecule has 0 saturated heterocycles. The molecule has 138 valence electrons. The molecule has 0 rings (SSSR count). The fourth-order valence-corrected chi connectivity index (χ4v) is 2.80. The van der Waals surface area contributed by atoms with Crippen molar-refractivity contribution in [2.45, 2.75) is 124 Å². The number of carbonyl (C=O) groups excluding carboxylic acids is 1. The van der Waals surface area contributed by atoms with E-state index >= 15 is 0 Å². The summed E-state index contributed by atoms with van der Waals surface area (Å²) in [6.07, 6.45) is 18.3. The van der Waals surface area contributed by atoms with Crippen molar-refractivity contribution in [3.63, 3.8) is 0 Å². The van der Waals surface area contributed by atoms with E-state index in [1.807, 2.05) is 0 Å². The van der Waals surface area contributed by atoms with Crippen molar-refractivity contribution in [1.29, 1.82) is 0 Å². The third-order valence-electron chi connectivity index (χ3n) is 4.90. The Kier molecular flexibility index (Phi) is 16.0. The molecule has 0 spiro atoms. The highest BCUT2D eigenvalue weighted by molar-refractivity contribution is 5.76. The molecule has 0 unspecified atom stereocenters. The fourth-order valence-electron chi connectivity index (χ4n) is 2.80. The molecular formula is C21H43NO. The maximum atomic E-state index is 11.7. The van der Waals surface area contributed by atoms with E-state index in [4.69, 9.17) is 0 Å². The second-order valence-corrected chi connectivity index (χ2v) is 7.59. The number of nitrogens with one attached hydrogen (secondary N) is 1. The number of hydrogen-bond donors (Lipinski definition) is 1. The molecule has 23 heavy (non-hydrogen) atoms. The minimum absolute atomic E-state index is 0.231. The van der Waals surface area contributed by atoms with E-state index in [1.54, 1.807) is 0 Å². The normalized spacial score (nSPS) is 12.6. The number of hydrogen-bond acceptors (Lipinski definition) is 1. The largest absolute Gasteiger partial charge is 0.353 e. The Morgan fingerprint density at radius 2 is 1.09 bits per heavy atom. The van der Waals surface area contributed by atoms with Crippen LogP contribution in [-0.4, -0.2) is 11.9 Å². The van der Waals surface area contributed by atoms with Crippen molar-refractivity contribution in [3.05, 3.63) is 0 Å². The molecule has 1 N–H and O–H groups in total. The molecule has 0 bridgehead atoms. The van der Waals surface area contributed by atoms with E-state index in [9.17, 15) is 4.79 Å². The van der Waals surface area contributed by atoms with Gasteiger partial charge >= 0.3 is 0 Å². The lowest BCUT2D eigenvalue weighted by Gasteiger charge is -2.17. The van der Waals surface area contributed by atoms with Crippen LogP contribution in [0.1, 0.15) is 118 Å². The SMILES string of the molecule is CCCCCCCCCCCCCCCC(=O)N[C@H](C)C(C)C. The first-order valence-electron chi connectivity index (χ1n) is 10.4. The van der Waals surface area contributed by atoms with Crippen LogP contribution in [0.2, 0.25) is 0 Å². The lowest BCUT2D eigenvalue weighted by Crippen LogP contribution is -2.35. The van der Waals surface area contributed by atoms with Crippen LogP contribution in [0.15, 0.2) is 0 Å². The van der Waals surface area contributed by atoms with E-state index in [0.717, 1.165) is 6.42 Å². The van der Waals surface area contributed by atoms with Crippen LogP contribution in [0.5, 0.6) is 0 Å². The molecule has 0 aliphatic rings. The van der Waals surface area contributed by atoms with Crippen LogP contribution in [-0.2, 0) is 4.79 Å². The third-order valence-corrected chi connectivity index (χ3v) is 4.90. The van der Waals surface area contributed by atoms with E-state index < -0.39 is 0 Å². The molecule has 1 atom stereocenters. The van der Waals surface area contributed by atoms with Gasteiger partial charge in [-0.3, -0.25) is 4.79 Å². The number of carbonyl (C=O) groups is 1. The van der Waals surface area contributed by atoms with Gasteiger partial charge in [0.15, 0.2) is 0 Å². The highest BCUT2D eigenvalue weighted by Crippen LogP contribution is 2.13. The van der Waals surface area contributed by atoms with Gasteiger partial charge in [0.1, 0.15) is 0 Å². The Morgan fingerprint density at radius 3 is 1.48 bits per heavy atom. The van der Waals surface area contributed by atoms with Crippen molar-refractivity contribution in [2.24, 2.45) is 5.92 Å². The second kappa shape index (κ2) is 16.3. The van der Waals surface area contributed by atoms with Gasteiger partial charge in [0, 0.05) is 12.5 Å². The molecule has 0 radical (unpaired) electrons. The van der Waals surface area contributed by atoms with Crippen LogP contribution in [0.25, 0.3) is 0 Å². The van der Waals surface area contributed by atoms with Gasteiger partial charge in [0.05, 0.1) is 0 Å². The smallest absolute Gasteiger partial charge is 0.220 e. The summed E-state index contributed by atoms with van der Waals surface area (Å²) < 4.78 is 0. The lowest BCUT2D eigenvalue weighted by atomic mass is 10.0. The van der Waals surface area contributed by atoms with Gasteiger partial charge in [-0.1, -0.05) is 97.8 Å². The second-order valence-electron chi connectivity index (χ2n) is 7.59. The van der Waals surface area contributed by atoms with Crippen molar-refractivity contribution in [3.8, 4) is 0 Å². The highest BCUT2D eigenvalue weighted by Gasteiger charge is 2.09. The quantitative estimate of drug-likeness (QED) is 0.317.